The van der Waals surface area contributed by atoms with Crippen LogP contribution in [0.2, 0.25) is 0 Å². The Hall–Kier alpha value is -4.07. The number of anilines is 2. The first kappa shape index (κ1) is 25.0. The van der Waals surface area contributed by atoms with Gasteiger partial charge in [-0.2, -0.15) is 0 Å². The van der Waals surface area contributed by atoms with E-state index in [1.807, 2.05) is 0 Å². The molecule has 0 aliphatic heterocycles. The first-order chi connectivity index (χ1) is 17.5. The molecule has 188 valence electrons. The molecule has 8 nitrogen and oxygen atoms in total. The zero-order valence-corrected chi connectivity index (χ0v) is 20.5. The highest BCUT2D eigenvalue weighted by molar-refractivity contribution is 6.08. The number of hydrogen-bond donors (Lipinski definition) is 2. The predicted octanol–water partition coefficient (Wildman–Crippen LogP) is 5.08. The van der Waals surface area contributed by atoms with Gasteiger partial charge in [0.2, 0.25) is 11.8 Å². The molecule has 8 heteroatoms. The summed E-state index contributed by atoms with van der Waals surface area (Å²) in [6, 6.07) is 16.2. The Morgan fingerprint density at radius 1 is 0.972 bits per heavy atom. The minimum absolute atomic E-state index is 0.0645. The van der Waals surface area contributed by atoms with Crippen LogP contribution in [0.1, 0.15) is 61.2 Å². The van der Waals surface area contributed by atoms with Crippen molar-refractivity contribution in [2.75, 3.05) is 17.3 Å². The highest BCUT2D eigenvalue weighted by Crippen LogP contribution is 2.32. The highest BCUT2D eigenvalue weighted by atomic mass is 16.5. The van der Waals surface area contributed by atoms with E-state index in [4.69, 9.17) is 9.15 Å². The van der Waals surface area contributed by atoms with E-state index in [9.17, 15) is 14.4 Å². The van der Waals surface area contributed by atoms with Crippen molar-refractivity contribution in [3.05, 3.63) is 78.3 Å². The molecule has 1 aliphatic rings. The monoisotopic (exact) mass is 489 g/mol. The average Bonchev–Trinajstić information content (AvgIpc) is 3.43. The Morgan fingerprint density at radius 3 is 2.25 bits per heavy atom. The minimum Gasteiger partial charge on any atom is -0.497 e. The third-order valence-electron chi connectivity index (χ3n) is 6.31. The number of hydrogen-bond acceptors (Lipinski definition) is 5. The van der Waals surface area contributed by atoms with E-state index < -0.39 is 11.9 Å². The molecular formula is C28H31N3O5. The fourth-order valence-corrected chi connectivity index (χ4v) is 4.54. The molecule has 4 rings (SSSR count). The maximum Gasteiger partial charge on any atom is 0.294 e. The van der Waals surface area contributed by atoms with Gasteiger partial charge in [-0.3, -0.25) is 19.3 Å². The predicted molar refractivity (Wildman–Crippen MR) is 137 cm³/mol. The third-order valence-corrected chi connectivity index (χ3v) is 6.31. The molecule has 0 saturated heterocycles. The molecule has 1 fully saturated rings. The lowest BCUT2D eigenvalue weighted by molar-refractivity contribution is -0.123. The fraction of sp³-hybridized carbons (Fsp3) is 0.321. The molecule has 0 radical (unpaired) electrons. The zero-order valence-electron chi connectivity index (χ0n) is 20.5. The van der Waals surface area contributed by atoms with E-state index in [1.165, 1.54) is 18.1 Å². The number of nitrogens with one attached hydrogen (secondary N) is 2. The number of rotatable bonds is 8. The summed E-state index contributed by atoms with van der Waals surface area (Å²) in [7, 11) is 1.58. The van der Waals surface area contributed by atoms with Gasteiger partial charge in [0.25, 0.3) is 5.91 Å². The number of amides is 3. The van der Waals surface area contributed by atoms with Crippen molar-refractivity contribution in [2.24, 2.45) is 0 Å². The second-order valence-corrected chi connectivity index (χ2v) is 8.90. The first-order valence-electron chi connectivity index (χ1n) is 12.2. The Labute approximate surface area is 210 Å². The average molecular weight is 490 g/mol. The zero-order chi connectivity index (χ0) is 25.5. The number of nitrogens with zero attached hydrogens (tertiary/aromatic N) is 1. The van der Waals surface area contributed by atoms with Gasteiger partial charge < -0.3 is 19.8 Å². The molecule has 1 saturated carbocycles. The van der Waals surface area contributed by atoms with Crippen LogP contribution in [0.5, 0.6) is 5.75 Å². The van der Waals surface area contributed by atoms with Gasteiger partial charge in [-0.1, -0.05) is 31.4 Å². The summed E-state index contributed by atoms with van der Waals surface area (Å²) in [5.41, 5.74) is 1.71. The summed E-state index contributed by atoms with van der Waals surface area (Å²) in [6.07, 6.45) is 6.56. The molecule has 3 amide bonds. The van der Waals surface area contributed by atoms with E-state index in [0.717, 1.165) is 32.1 Å². The van der Waals surface area contributed by atoms with Gasteiger partial charge in [0.15, 0.2) is 5.76 Å². The van der Waals surface area contributed by atoms with Crippen molar-refractivity contribution >= 4 is 29.1 Å². The van der Waals surface area contributed by atoms with Crippen LogP contribution >= 0.6 is 0 Å². The van der Waals surface area contributed by atoms with Crippen LogP contribution < -0.4 is 20.3 Å². The summed E-state index contributed by atoms with van der Waals surface area (Å²) in [6.45, 7) is 1.43. The van der Waals surface area contributed by atoms with Crippen LogP contribution in [-0.2, 0) is 9.59 Å². The van der Waals surface area contributed by atoms with Crippen molar-refractivity contribution < 1.29 is 23.5 Å². The van der Waals surface area contributed by atoms with E-state index in [2.05, 4.69) is 10.6 Å². The molecule has 3 aromatic rings. The van der Waals surface area contributed by atoms with Crippen molar-refractivity contribution in [3.63, 3.8) is 0 Å². The number of methoxy groups -OCH3 is 1. The van der Waals surface area contributed by atoms with Gasteiger partial charge in [0.05, 0.1) is 13.4 Å². The third kappa shape index (κ3) is 5.94. The van der Waals surface area contributed by atoms with E-state index in [1.54, 1.807) is 67.8 Å². The maximum absolute atomic E-state index is 13.8. The second-order valence-electron chi connectivity index (χ2n) is 8.90. The number of carbonyl (C=O) groups excluding carboxylic acids is 3. The van der Waals surface area contributed by atoms with Crippen molar-refractivity contribution in [1.82, 2.24) is 5.32 Å². The van der Waals surface area contributed by atoms with Gasteiger partial charge >= 0.3 is 0 Å². The minimum atomic E-state index is -0.956. The van der Waals surface area contributed by atoms with Gasteiger partial charge in [-0.25, -0.2) is 0 Å². The van der Waals surface area contributed by atoms with E-state index in [0.29, 0.717) is 22.7 Å². The van der Waals surface area contributed by atoms with Crippen LogP contribution in [-0.4, -0.2) is 30.9 Å². The largest absolute Gasteiger partial charge is 0.497 e. The van der Waals surface area contributed by atoms with Gasteiger partial charge in [-0.15, -0.1) is 0 Å². The molecule has 1 unspecified atom stereocenters. The topological polar surface area (TPSA) is 101 Å². The Kier molecular flexibility index (Phi) is 8.05. The molecule has 1 atom stereocenters. The van der Waals surface area contributed by atoms with Crippen molar-refractivity contribution in [2.45, 2.75) is 51.1 Å². The molecule has 2 aromatic carbocycles. The Balaban J connectivity index is 1.77. The number of ether oxygens (including phenoxy) is 1. The van der Waals surface area contributed by atoms with Crippen LogP contribution in [0.4, 0.5) is 11.4 Å². The van der Waals surface area contributed by atoms with Crippen LogP contribution in [0.3, 0.4) is 0 Å². The van der Waals surface area contributed by atoms with Crippen LogP contribution in [0.15, 0.2) is 71.3 Å². The SMILES string of the molecule is COc1ccc(C(C(=O)NC2CCCCC2)N(C(=O)c2ccco2)c2ccc(NC(C)=O)cc2)cc1. The molecule has 0 bridgehead atoms. The van der Waals surface area contributed by atoms with Crippen molar-refractivity contribution in [1.29, 1.82) is 0 Å². The van der Waals surface area contributed by atoms with E-state index in [-0.39, 0.29) is 23.6 Å². The molecule has 2 N–H and O–H groups in total. The molecule has 0 spiro atoms. The Morgan fingerprint density at radius 2 is 1.67 bits per heavy atom. The summed E-state index contributed by atoms with van der Waals surface area (Å²) < 4.78 is 10.7. The summed E-state index contributed by atoms with van der Waals surface area (Å²) in [4.78, 5) is 40.5. The summed E-state index contributed by atoms with van der Waals surface area (Å²) >= 11 is 0. The van der Waals surface area contributed by atoms with Gasteiger partial charge in [0.1, 0.15) is 11.8 Å². The lowest BCUT2D eigenvalue weighted by Gasteiger charge is -2.33. The molecule has 36 heavy (non-hydrogen) atoms. The Bertz CT molecular complexity index is 1170. The standard InChI is InChI=1S/C28H31N3O5/c1-19(32)29-22-12-14-23(15-13-22)31(28(34)25-9-6-18-36-25)26(20-10-16-24(35-2)17-11-20)27(33)30-21-7-4-3-5-8-21/h6,9-18,21,26H,3-5,7-8H2,1-2H3,(H,29,32)(H,30,33). The quantitative estimate of drug-likeness (QED) is 0.459. The number of furan rings is 1. The van der Waals surface area contributed by atoms with Crippen molar-refractivity contribution in [3.8, 4) is 5.75 Å². The lowest BCUT2D eigenvalue weighted by atomic mass is 9.94. The number of benzene rings is 2. The summed E-state index contributed by atoms with van der Waals surface area (Å²) in [5, 5.41) is 5.91. The first-order valence-corrected chi connectivity index (χ1v) is 12.2. The lowest BCUT2D eigenvalue weighted by Crippen LogP contribution is -2.47. The number of carbonyl (C=O) groups is 3. The molecular weight excluding hydrogens is 458 g/mol. The summed E-state index contributed by atoms with van der Waals surface area (Å²) in [5.74, 6) is -0.155. The van der Waals surface area contributed by atoms with Gasteiger partial charge in [-0.05, 0) is 66.9 Å². The maximum atomic E-state index is 13.8. The second kappa shape index (κ2) is 11.6. The van der Waals surface area contributed by atoms with Crippen LogP contribution in [0, 0.1) is 0 Å². The van der Waals surface area contributed by atoms with Gasteiger partial charge in [0, 0.05) is 24.3 Å². The van der Waals surface area contributed by atoms with Crippen LogP contribution in [0.25, 0.3) is 0 Å². The molecule has 1 heterocycles. The van der Waals surface area contributed by atoms with E-state index >= 15 is 0 Å². The molecule has 1 aliphatic carbocycles. The normalized spacial score (nSPS) is 14.5. The highest BCUT2D eigenvalue weighted by Gasteiger charge is 2.35. The molecule has 1 aromatic heterocycles. The smallest absolute Gasteiger partial charge is 0.294 e. The fourth-order valence-electron chi connectivity index (χ4n) is 4.54.